The third kappa shape index (κ3) is 5.57. The van der Waals surface area contributed by atoms with Crippen LogP contribution in [-0.4, -0.2) is 70.3 Å². The van der Waals surface area contributed by atoms with Gasteiger partial charge in [-0.3, -0.25) is 9.69 Å². The van der Waals surface area contributed by atoms with Crippen molar-refractivity contribution in [3.05, 3.63) is 53.0 Å². The SMILES string of the molecule is CN(C)c1ccc(NC(=O)CN2CCN(S(=O)(=O)c3ccc(Br)cc3)CC2)cc1. The van der Waals surface area contributed by atoms with Crippen LogP contribution in [0.5, 0.6) is 0 Å². The molecule has 1 aliphatic heterocycles. The van der Waals surface area contributed by atoms with Crippen LogP contribution in [0.3, 0.4) is 0 Å². The molecule has 1 saturated heterocycles. The maximum absolute atomic E-state index is 12.8. The Morgan fingerprint density at radius 1 is 1.00 bits per heavy atom. The van der Waals surface area contributed by atoms with Crippen molar-refractivity contribution in [1.82, 2.24) is 9.21 Å². The maximum atomic E-state index is 12.8. The van der Waals surface area contributed by atoms with Gasteiger partial charge in [-0.05, 0) is 48.5 Å². The van der Waals surface area contributed by atoms with Gasteiger partial charge in [-0.25, -0.2) is 8.42 Å². The lowest BCUT2D eigenvalue weighted by molar-refractivity contribution is -0.117. The van der Waals surface area contributed by atoms with Crippen LogP contribution < -0.4 is 10.2 Å². The van der Waals surface area contributed by atoms with Gasteiger partial charge in [0.25, 0.3) is 0 Å². The van der Waals surface area contributed by atoms with Gasteiger partial charge in [0.05, 0.1) is 11.4 Å². The summed E-state index contributed by atoms with van der Waals surface area (Å²) in [5, 5.41) is 2.89. The zero-order valence-electron chi connectivity index (χ0n) is 16.5. The van der Waals surface area contributed by atoms with Gasteiger partial charge in [0.2, 0.25) is 15.9 Å². The molecule has 2 aromatic rings. The number of nitrogens with zero attached hydrogens (tertiary/aromatic N) is 3. The van der Waals surface area contributed by atoms with E-state index in [0.717, 1.165) is 15.8 Å². The summed E-state index contributed by atoms with van der Waals surface area (Å²) < 4.78 is 27.8. The van der Waals surface area contributed by atoms with E-state index in [0.29, 0.717) is 26.2 Å². The van der Waals surface area contributed by atoms with E-state index < -0.39 is 10.0 Å². The average molecular weight is 481 g/mol. The summed E-state index contributed by atoms with van der Waals surface area (Å²) in [5.74, 6) is -0.105. The van der Waals surface area contributed by atoms with Crippen molar-refractivity contribution in [1.29, 1.82) is 0 Å². The Hall–Kier alpha value is -1.94. The lowest BCUT2D eigenvalue weighted by Crippen LogP contribution is -2.50. The molecule has 0 radical (unpaired) electrons. The molecule has 1 heterocycles. The molecule has 2 aromatic carbocycles. The summed E-state index contributed by atoms with van der Waals surface area (Å²) in [5.41, 5.74) is 1.81. The first-order chi connectivity index (χ1) is 13.8. The van der Waals surface area contributed by atoms with Crippen LogP contribution >= 0.6 is 15.9 Å². The zero-order valence-corrected chi connectivity index (χ0v) is 18.9. The standard InChI is InChI=1S/C20H25BrN4O3S/c1-23(2)18-7-5-17(6-8-18)22-20(26)15-24-11-13-25(14-12-24)29(27,28)19-9-3-16(21)4-10-19/h3-10H,11-15H2,1-2H3,(H,22,26). The lowest BCUT2D eigenvalue weighted by atomic mass is 10.2. The van der Waals surface area contributed by atoms with Crippen LogP contribution in [0.15, 0.2) is 57.9 Å². The van der Waals surface area contributed by atoms with Gasteiger partial charge in [0, 0.05) is 56.1 Å². The molecule has 0 spiro atoms. The molecule has 0 saturated carbocycles. The number of amides is 1. The van der Waals surface area contributed by atoms with Crippen LogP contribution in [0.4, 0.5) is 11.4 Å². The van der Waals surface area contributed by atoms with Crippen molar-refractivity contribution in [2.75, 3.05) is 57.0 Å². The molecule has 0 bridgehead atoms. The quantitative estimate of drug-likeness (QED) is 0.687. The van der Waals surface area contributed by atoms with E-state index in [1.807, 2.05) is 48.2 Å². The summed E-state index contributed by atoms with van der Waals surface area (Å²) in [4.78, 5) is 16.6. The Morgan fingerprint density at radius 2 is 1.59 bits per heavy atom. The number of halogens is 1. The topological polar surface area (TPSA) is 73.0 Å². The van der Waals surface area contributed by atoms with Crippen molar-refractivity contribution in [3.8, 4) is 0 Å². The minimum absolute atomic E-state index is 0.105. The van der Waals surface area contributed by atoms with Gasteiger partial charge in [-0.2, -0.15) is 4.31 Å². The van der Waals surface area contributed by atoms with E-state index in [4.69, 9.17) is 0 Å². The predicted octanol–water partition coefficient (Wildman–Crippen LogP) is 2.46. The van der Waals surface area contributed by atoms with Gasteiger partial charge in [0.1, 0.15) is 0 Å². The maximum Gasteiger partial charge on any atom is 0.243 e. The van der Waals surface area contributed by atoms with E-state index in [-0.39, 0.29) is 17.3 Å². The van der Waals surface area contributed by atoms with Crippen molar-refractivity contribution < 1.29 is 13.2 Å². The molecule has 0 aromatic heterocycles. The Kier molecular flexibility index (Phi) is 6.94. The molecule has 0 unspecified atom stereocenters. The fourth-order valence-corrected chi connectivity index (χ4v) is 4.82. The smallest absolute Gasteiger partial charge is 0.243 e. The summed E-state index contributed by atoms with van der Waals surface area (Å²) in [6.45, 7) is 2.00. The number of nitrogens with one attached hydrogen (secondary N) is 1. The van der Waals surface area contributed by atoms with Gasteiger partial charge in [-0.15, -0.1) is 0 Å². The fraction of sp³-hybridized carbons (Fsp3) is 0.350. The second kappa shape index (κ2) is 9.25. The van der Waals surface area contributed by atoms with E-state index in [1.54, 1.807) is 24.3 Å². The highest BCUT2D eigenvalue weighted by atomic mass is 79.9. The number of piperazine rings is 1. The second-order valence-corrected chi connectivity index (χ2v) is 9.98. The Bertz CT molecular complexity index is 939. The van der Waals surface area contributed by atoms with E-state index in [1.165, 1.54) is 4.31 Å². The number of rotatable bonds is 6. The summed E-state index contributed by atoms with van der Waals surface area (Å²) >= 11 is 3.32. The van der Waals surface area contributed by atoms with Crippen molar-refractivity contribution in [3.63, 3.8) is 0 Å². The molecule has 9 heteroatoms. The van der Waals surface area contributed by atoms with Crippen LogP contribution in [-0.2, 0) is 14.8 Å². The predicted molar refractivity (Wildman–Crippen MR) is 119 cm³/mol. The lowest BCUT2D eigenvalue weighted by Gasteiger charge is -2.33. The number of benzene rings is 2. The van der Waals surface area contributed by atoms with E-state index in [2.05, 4.69) is 21.2 Å². The van der Waals surface area contributed by atoms with Gasteiger partial charge in [0.15, 0.2) is 0 Å². The molecule has 7 nitrogen and oxygen atoms in total. The molecule has 1 amide bonds. The number of hydrogen-bond donors (Lipinski definition) is 1. The Morgan fingerprint density at radius 3 is 2.14 bits per heavy atom. The summed E-state index contributed by atoms with van der Waals surface area (Å²) in [6, 6.07) is 14.3. The highest BCUT2D eigenvalue weighted by molar-refractivity contribution is 9.10. The van der Waals surface area contributed by atoms with Gasteiger partial charge >= 0.3 is 0 Å². The molecule has 3 rings (SSSR count). The first-order valence-corrected chi connectivity index (χ1v) is 11.5. The van der Waals surface area contributed by atoms with Crippen LogP contribution in [0, 0.1) is 0 Å². The van der Waals surface area contributed by atoms with E-state index in [9.17, 15) is 13.2 Å². The molecular weight excluding hydrogens is 456 g/mol. The molecule has 1 fully saturated rings. The monoisotopic (exact) mass is 480 g/mol. The summed E-state index contributed by atoms with van der Waals surface area (Å²) in [7, 11) is 0.416. The minimum atomic E-state index is -3.51. The van der Waals surface area contributed by atoms with Gasteiger partial charge in [-0.1, -0.05) is 15.9 Å². The minimum Gasteiger partial charge on any atom is -0.378 e. The number of sulfonamides is 1. The normalized spacial score (nSPS) is 15.8. The van der Waals surface area contributed by atoms with E-state index >= 15 is 0 Å². The molecule has 1 aliphatic rings. The number of anilines is 2. The third-order valence-corrected chi connectivity index (χ3v) is 7.26. The van der Waals surface area contributed by atoms with Crippen LogP contribution in [0.25, 0.3) is 0 Å². The van der Waals surface area contributed by atoms with Gasteiger partial charge < -0.3 is 10.2 Å². The second-order valence-electron chi connectivity index (χ2n) is 7.12. The Balaban J connectivity index is 1.51. The number of carbonyl (C=O) groups is 1. The highest BCUT2D eigenvalue weighted by Gasteiger charge is 2.29. The van der Waals surface area contributed by atoms with Crippen LogP contribution in [0.1, 0.15) is 0 Å². The molecule has 0 atom stereocenters. The first kappa shape index (κ1) is 21.8. The molecular formula is C20H25BrN4O3S. The third-order valence-electron chi connectivity index (χ3n) is 4.82. The van der Waals surface area contributed by atoms with Crippen molar-refractivity contribution in [2.45, 2.75) is 4.90 Å². The van der Waals surface area contributed by atoms with Crippen molar-refractivity contribution in [2.24, 2.45) is 0 Å². The highest BCUT2D eigenvalue weighted by Crippen LogP contribution is 2.20. The number of hydrogen-bond acceptors (Lipinski definition) is 5. The summed E-state index contributed by atoms with van der Waals surface area (Å²) in [6.07, 6.45) is 0. The largest absolute Gasteiger partial charge is 0.378 e. The van der Waals surface area contributed by atoms with Crippen LogP contribution in [0.2, 0.25) is 0 Å². The zero-order chi connectivity index (χ0) is 21.0. The molecule has 29 heavy (non-hydrogen) atoms. The Labute approximate surface area is 180 Å². The average Bonchev–Trinajstić information content (AvgIpc) is 2.69. The molecule has 0 aliphatic carbocycles. The number of carbonyl (C=O) groups excluding carboxylic acids is 1. The molecule has 1 N–H and O–H groups in total. The fourth-order valence-electron chi connectivity index (χ4n) is 3.13. The van der Waals surface area contributed by atoms with Crippen molar-refractivity contribution >= 4 is 43.2 Å². The first-order valence-electron chi connectivity index (χ1n) is 9.31. The molecule has 156 valence electrons.